The summed E-state index contributed by atoms with van der Waals surface area (Å²) in [5.41, 5.74) is 3.47. The smallest absolute Gasteiger partial charge is 0.251 e. The van der Waals surface area contributed by atoms with Crippen molar-refractivity contribution in [1.82, 2.24) is 10.2 Å². The number of piperidine rings is 1. The maximum Gasteiger partial charge on any atom is 0.251 e. The van der Waals surface area contributed by atoms with Crippen LogP contribution in [-0.2, 0) is 17.9 Å². The van der Waals surface area contributed by atoms with Crippen molar-refractivity contribution in [2.45, 2.75) is 45.4 Å². The average Bonchev–Trinajstić information content (AvgIpc) is 3.51. The summed E-state index contributed by atoms with van der Waals surface area (Å²) in [6.45, 7) is 5.26. The number of carbonyl (C=O) groups is 2. The number of benzene rings is 2. The highest BCUT2D eigenvalue weighted by atomic mass is 16.3. The number of likely N-dealkylation sites (tertiary alicyclic amines) is 1. The zero-order valence-electron chi connectivity index (χ0n) is 18.0. The number of aliphatic hydroxyl groups excluding tert-OH is 1. The molecule has 6 heteroatoms. The molecule has 6 nitrogen and oxygen atoms in total. The highest BCUT2D eigenvalue weighted by molar-refractivity contribution is 5.98. The third-order valence-electron chi connectivity index (χ3n) is 6.28. The third-order valence-corrected chi connectivity index (χ3v) is 6.28. The molecule has 2 aromatic rings. The molecule has 2 atom stereocenters. The molecule has 2 unspecified atom stereocenters. The summed E-state index contributed by atoms with van der Waals surface area (Å²) in [6.07, 6.45) is 2.47. The fourth-order valence-corrected chi connectivity index (χ4v) is 4.04. The second-order valence-corrected chi connectivity index (χ2v) is 8.90. The van der Waals surface area contributed by atoms with Crippen molar-refractivity contribution in [3.63, 3.8) is 0 Å². The van der Waals surface area contributed by atoms with Crippen molar-refractivity contribution in [2.75, 3.05) is 18.4 Å². The van der Waals surface area contributed by atoms with Crippen LogP contribution in [0.3, 0.4) is 0 Å². The normalized spacial score (nSPS) is 21.5. The summed E-state index contributed by atoms with van der Waals surface area (Å²) >= 11 is 0. The second kappa shape index (κ2) is 9.62. The lowest BCUT2D eigenvalue weighted by molar-refractivity contribution is -0.117. The molecule has 0 bridgehead atoms. The highest BCUT2D eigenvalue weighted by Gasteiger charge is 2.39. The molecule has 164 valence electrons. The number of hydrogen-bond acceptors (Lipinski definition) is 4. The van der Waals surface area contributed by atoms with Crippen LogP contribution in [0, 0.1) is 11.8 Å². The minimum Gasteiger partial charge on any atom is -0.393 e. The van der Waals surface area contributed by atoms with Gasteiger partial charge >= 0.3 is 0 Å². The van der Waals surface area contributed by atoms with Gasteiger partial charge in [0.1, 0.15) is 0 Å². The van der Waals surface area contributed by atoms with Gasteiger partial charge in [-0.05, 0) is 54.5 Å². The molecule has 0 spiro atoms. The SMILES string of the molecule is CC1CC1C(=O)Nc1cccc(C(=O)NCc2ccc(CN3CCC(O)CC3)cc2)c1. The second-order valence-electron chi connectivity index (χ2n) is 8.90. The van der Waals surface area contributed by atoms with Gasteiger partial charge in [-0.2, -0.15) is 0 Å². The Hall–Kier alpha value is -2.70. The van der Waals surface area contributed by atoms with Crippen LogP contribution in [-0.4, -0.2) is 41.0 Å². The lowest BCUT2D eigenvalue weighted by Gasteiger charge is -2.29. The van der Waals surface area contributed by atoms with Crippen molar-refractivity contribution in [3.05, 3.63) is 65.2 Å². The quantitative estimate of drug-likeness (QED) is 0.641. The van der Waals surface area contributed by atoms with Crippen LogP contribution in [0.15, 0.2) is 48.5 Å². The van der Waals surface area contributed by atoms with Gasteiger partial charge in [0.25, 0.3) is 5.91 Å². The van der Waals surface area contributed by atoms with Crippen molar-refractivity contribution < 1.29 is 14.7 Å². The lowest BCUT2D eigenvalue weighted by Crippen LogP contribution is -2.35. The fraction of sp³-hybridized carbons (Fsp3) is 0.440. The zero-order chi connectivity index (χ0) is 21.8. The van der Waals surface area contributed by atoms with E-state index in [1.165, 1.54) is 5.56 Å². The van der Waals surface area contributed by atoms with E-state index >= 15 is 0 Å². The van der Waals surface area contributed by atoms with Crippen LogP contribution in [0.1, 0.15) is 47.7 Å². The van der Waals surface area contributed by atoms with Crippen molar-refractivity contribution in [3.8, 4) is 0 Å². The molecule has 1 aliphatic heterocycles. The van der Waals surface area contributed by atoms with Gasteiger partial charge in [0.15, 0.2) is 0 Å². The number of amides is 2. The highest BCUT2D eigenvalue weighted by Crippen LogP contribution is 2.38. The minimum absolute atomic E-state index is 0.0332. The number of nitrogens with one attached hydrogen (secondary N) is 2. The van der Waals surface area contributed by atoms with E-state index in [1.807, 2.05) is 18.2 Å². The van der Waals surface area contributed by atoms with Crippen LogP contribution >= 0.6 is 0 Å². The first kappa shape index (κ1) is 21.5. The van der Waals surface area contributed by atoms with Crippen LogP contribution in [0.2, 0.25) is 0 Å². The van der Waals surface area contributed by atoms with E-state index in [9.17, 15) is 14.7 Å². The van der Waals surface area contributed by atoms with Crippen LogP contribution in [0.5, 0.6) is 0 Å². The van der Waals surface area contributed by atoms with Gasteiger partial charge < -0.3 is 15.7 Å². The van der Waals surface area contributed by atoms with E-state index in [1.54, 1.807) is 18.2 Å². The molecule has 1 saturated carbocycles. The first-order valence-corrected chi connectivity index (χ1v) is 11.2. The van der Waals surface area contributed by atoms with E-state index in [2.05, 4.69) is 34.6 Å². The number of aliphatic hydroxyl groups is 1. The van der Waals surface area contributed by atoms with Crippen molar-refractivity contribution in [2.24, 2.45) is 11.8 Å². The maximum atomic E-state index is 12.6. The third kappa shape index (κ3) is 5.93. The Labute approximate surface area is 183 Å². The molecule has 0 radical (unpaired) electrons. The molecule has 2 fully saturated rings. The molecular weight excluding hydrogens is 390 g/mol. The van der Waals surface area contributed by atoms with Gasteiger partial charge in [0.2, 0.25) is 5.91 Å². The molecule has 1 saturated heterocycles. The molecule has 2 aromatic carbocycles. The van der Waals surface area contributed by atoms with Gasteiger partial charge in [-0.15, -0.1) is 0 Å². The Balaban J connectivity index is 1.26. The zero-order valence-corrected chi connectivity index (χ0v) is 18.0. The molecule has 4 rings (SSSR count). The molecular formula is C25H31N3O3. The van der Waals surface area contributed by atoms with Gasteiger partial charge in [-0.1, -0.05) is 37.3 Å². The number of hydrogen-bond donors (Lipinski definition) is 3. The van der Waals surface area contributed by atoms with Crippen molar-refractivity contribution in [1.29, 1.82) is 0 Å². The molecule has 1 aliphatic carbocycles. The van der Waals surface area contributed by atoms with Crippen molar-refractivity contribution >= 4 is 17.5 Å². The summed E-state index contributed by atoms with van der Waals surface area (Å²) in [5, 5.41) is 15.5. The molecule has 2 amide bonds. The summed E-state index contributed by atoms with van der Waals surface area (Å²) in [5.74, 6) is 0.422. The van der Waals surface area contributed by atoms with E-state index in [-0.39, 0.29) is 23.8 Å². The summed E-state index contributed by atoms with van der Waals surface area (Å²) in [4.78, 5) is 27.0. The Kier molecular flexibility index (Phi) is 6.68. The summed E-state index contributed by atoms with van der Waals surface area (Å²) in [7, 11) is 0. The minimum atomic E-state index is -0.160. The first-order chi connectivity index (χ1) is 15.0. The van der Waals surface area contributed by atoms with E-state index < -0.39 is 0 Å². The maximum absolute atomic E-state index is 12.6. The molecule has 1 heterocycles. The summed E-state index contributed by atoms with van der Waals surface area (Å²) in [6, 6.07) is 15.4. The number of rotatable bonds is 7. The predicted octanol–water partition coefficient (Wildman–Crippen LogP) is 3.17. The van der Waals surface area contributed by atoms with Crippen LogP contribution < -0.4 is 10.6 Å². The largest absolute Gasteiger partial charge is 0.393 e. The predicted molar refractivity (Wildman–Crippen MR) is 120 cm³/mol. The Morgan fingerprint density at radius 1 is 1.06 bits per heavy atom. The standard InChI is InChI=1S/C25H31N3O3/c1-17-13-23(17)25(31)27-21-4-2-3-20(14-21)24(30)26-15-18-5-7-19(8-6-18)16-28-11-9-22(29)10-12-28/h2-8,14,17,22-23,29H,9-13,15-16H2,1H3,(H,26,30)(H,27,31). The number of anilines is 1. The fourth-order valence-electron chi connectivity index (χ4n) is 4.04. The molecule has 0 aromatic heterocycles. The first-order valence-electron chi connectivity index (χ1n) is 11.2. The topological polar surface area (TPSA) is 81.7 Å². The Morgan fingerprint density at radius 2 is 1.74 bits per heavy atom. The van der Waals surface area contributed by atoms with E-state index in [0.29, 0.717) is 23.7 Å². The average molecular weight is 422 g/mol. The number of carbonyl (C=O) groups excluding carboxylic acids is 2. The monoisotopic (exact) mass is 421 g/mol. The van der Waals surface area contributed by atoms with E-state index in [4.69, 9.17) is 0 Å². The van der Waals surface area contributed by atoms with Gasteiger partial charge in [-0.3, -0.25) is 14.5 Å². The van der Waals surface area contributed by atoms with Gasteiger partial charge in [0, 0.05) is 43.3 Å². The van der Waals surface area contributed by atoms with Gasteiger partial charge in [-0.25, -0.2) is 0 Å². The van der Waals surface area contributed by atoms with Crippen LogP contribution in [0.4, 0.5) is 5.69 Å². The van der Waals surface area contributed by atoms with E-state index in [0.717, 1.165) is 44.5 Å². The Morgan fingerprint density at radius 3 is 2.42 bits per heavy atom. The molecule has 2 aliphatic rings. The van der Waals surface area contributed by atoms with Gasteiger partial charge in [0.05, 0.1) is 6.10 Å². The van der Waals surface area contributed by atoms with Crippen LogP contribution in [0.25, 0.3) is 0 Å². The number of nitrogens with zero attached hydrogens (tertiary/aromatic N) is 1. The molecule has 3 N–H and O–H groups in total. The Bertz CT molecular complexity index is 920. The molecule has 31 heavy (non-hydrogen) atoms. The summed E-state index contributed by atoms with van der Waals surface area (Å²) < 4.78 is 0. The lowest BCUT2D eigenvalue weighted by atomic mass is 10.1.